The topological polar surface area (TPSA) is 68.5 Å². The summed E-state index contributed by atoms with van der Waals surface area (Å²) in [6.07, 6.45) is 3.14. The van der Waals surface area contributed by atoms with Crippen molar-refractivity contribution in [3.05, 3.63) is 71.1 Å². The first-order valence-electron chi connectivity index (χ1n) is 8.21. The van der Waals surface area contributed by atoms with Gasteiger partial charge in [0, 0.05) is 23.7 Å². The first kappa shape index (κ1) is 18.7. The Labute approximate surface area is 162 Å². The zero-order valence-corrected chi connectivity index (χ0v) is 15.7. The molecule has 0 saturated heterocycles. The normalized spacial score (nSPS) is 10.9. The third-order valence-corrected chi connectivity index (χ3v) is 4.20. The van der Waals surface area contributed by atoms with E-state index in [1.165, 1.54) is 11.0 Å². The summed E-state index contributed by atoms with van der Waals surface area (Å²) in [5.74, 6) is 1.29. The van der Waals surface area contributed by atoms with E-state index in [4.69, 9.17) is 20.9 Å². The van der Waals surface area contributed by atoms with Gasteiger partial charge in [0.2, 0.25) is 17.6 Å². The Hall–Kier alpha value is -3.12. The number of carbonyl (C=O) groups is 1. The Morgan fingerprint density at radius 2 is 2.07 bits per heavy atom. The summed E-state index contributed by atoms with van der Waals surface area (Å²) in [7, 11) is 3.26. The van der Waals surface area contributed by atoms with Gasteiger partial charge in [-0.25, -0.2) is 0 Å². The summed E-state index contributed by atoms with van der Waals surface area (Å²) in [6.45, 7) is 0.197. The monoisotopic (exact) mass is 383 g/mol. The maximum absolute atomic E-state index is 12.3. The molecule has 0 bridgehead atoms. The molecule has 0 aliphatic rings. The number of ether oxygens (including phenoxy) is 1. The molecule has 2 aromatic carbocycles. The van der Waals surface area contributed by atoms with Crippen LogP contribution in [-0.4, -0.2) is 35.1 Å². The van der Waals surface area contributed by atoms with Crippen LogP contribution in [0.1, 0.15) is 11.5 Å². The average Bonchev–Trinajstić information content (AvgIpc) is 3.15. The lowest BCUT2D eigenvalue weighted by molar-refractivity contribution is -0.125. The lowest BCUT2D eigenvalue weighted by Crippen LogP contribution is -2.24. The molecule has 27 heavy (non-hydrogen) atoms. The average molecular weight is 384 g/mol. The molecular weight excluding hydrogens is 366 g/mol. The standard InChI is InChI=1S/C20H18ClN3O3/c1-24(19(25)11-10-14-6-3-4-9-17(14)21)13-18-22-20(23-27-18)15-7-5-8-16(12-15)26-2/h3-12H,13H2,1-2H3. The molecule has 3 aromatic rings. The van der Waals surface area contributed by atoms with Gasteiger partial charge in [0.15, 0.2) is 0 Å². The van der Waals surface area contributed by atoms with E-state index in [9.17, 15) is 4.79 Å². The predicted octanol–water partition coefficient (Wildman–Crippen LogP) is 4.07. The number of benzene rings is 2. The second-order valence-electron chi connectivity index (χ2n) is 5.79. The summed E-state index contributed by atoms with van der Waals surface area (Å²) >= 11 is 6.08. The SMILES string of the molecule is COc1cccc(-c2noc(CN(C)C(=O)C=Cc3ccccc3Cl)n2)c1. The molecule has 0 aliphatic heterocycles. The number of amides is 1. The highest BCUT2D eigenvalue weighted by Gasteiger charge is 2.13. The van der Waals surface area contributed by atoms with E-state index in [2.05, 4.69) is 10.1 Å². The minimum Gasteiger partial charge on any atom is -0.497 e. The molecule has 0 radical (unpaired) electrons. The van der Waals surface area contributed by atoms with E-state index < -0.39 is 0 Å². The van der Waals surface area contributed by atoms with E-state index in [1.54, 1.807) is 26.3 Å². The number of methoxy groups -OCH3 is 1. The molecule has 1 aromatic heterocycles. The number of likely N-dealkylation sites (N-methyl/N-ethyl adjacent to an activating group) is 1. The summed E-state index contributed by atoms with van der Waals surface area (Å²) in [4.78, 5) is 18.1. The van der Waals surface area contributed by atoms with Gasteiger partial charge < -0.3 is 14.2 Å². The van der Waals surface area contributed by atoms with Crippen molar-refractivity contribution in [2.75, 3.05) is 14.2 Å². The van der Waals surface area contributed by atoms with Gasteiger partial charge in [0.05, 0.1) is 13.7 Å². The largest absolute Gasteiger partial charge is 0.497 e. The Morgan fingerprint density at radius 3 is 2.85 bits per heavy atom. The van der Waals surface area contributed by atoms with Crippen molar-refractivity contribution in [3.63, 3.8) is 0 Å². The first-order valence-corrected chi connectivity index (χ1v) is 8.59. The van der Waals surface area contributed by atoms with Crippen LogP contribution in [0.4, 0.5) is 0 Å². The molecule has 7 heteroatoms. The Balaban J connectivity index is 1.66. The fraction of sp³-hybridized carbons (Fsp3) is 0.150. The van der Waals surface area contributed by atoms with Crippen molar-refractivity contribution in [3.8, 4) is 17.1 Å². The zero-order valence-electron chi connectivity index (χ0n) is 14.9. The number of rotatable bonds is 6. The van der Waals surface area contributed by atoms with Gasteiger partial charge in [-0.15, -0.1) is 0 Å². The molecule has 0 N–H and O–H groups in total. The van der Waals surface area contributed by atoms with Crippen LogP contribution < -0.4 is 4.74 Å². The molecule has 0 unspecified atom stereocenters. The zero-order chi connectivity index (χ0) is 19.2. The second kappa shape index (κ2) is 8.51. The van der Waals surface area contributed by atoms with Crippen LogP contribution in [0.15, 0.2) is 59.1 Å². The van der Waals surface area contributed by atoms with Gasteiger partial charge in [-0.05, 0) is 29.8 Å². The first-order chi connectivity index (χ1) is 13.1. The fourth-order valence-electron chi connectivity index (χ4n) is 2.38. The van der Waals surface area contributed by atoms with Crippen molar-refractivity contribution >= 4 is 23.6 Å². The van der Waals surface area contributed by atoms with Crippen LogP contribution in [-0.2, 0) is 11.3 Å². The molecule has 0 fully saturated rings. The number of hydrogen-bond donors (Lipinski definition) is 0. The lowest BCUT2D eigenvalue weighted by Gasteiger charge is -2.11. The van der Waals surface area contributed by atoms with Gasteiger partial charge in [0.25, 0.3) is 0 Å². The quantitative estimate of drug-likeness (QED) is 0.600. The fourth-order valence-corrected chi connectivity index (χ4v) is 2.58. The molecule has 138 valence electrons. The van der Waals surface area contributed by atoms with Gasteiger partial charge in [-0.1, -0.05) is 47.1 Å². The van der Waals surface area contributed by atoms with Gasteiger partial charge in [-0.3, -0.25) is 4.79 Å². The number of aromatic nitrogens is 2. The van der Waals surface area contributed by atoms with E-state index in [0.717, 1.165) is 11.1 Å². The molecule has 0 saturated carbocycles. The Kier molecular flexibility index (Phi) is 5.88. The third-order valence-electron chi connectivity index (χ3n) is 3.86. The molecule has 0 spiro atoms. The summed E-state index contributed by atoms with van der Waals surface area (Å²) in [6, 6.07) is 14.7. The molecule has 1 amide bonds. The van der Waals surface area contributed by atoms with E-state index in [-0.39, 0.29) is 12.5 Å². The third kappa shape index (κ3) is 4.74. The van der Waals surface area contributed by atoms with Crippen LogP contribution in [0.2, 0.25) is 5.02 Å². The van der Waals surface area contributed by atoms with Crippen molar-refractivity contribution in [1.82, 2.24) is 15.0 Å². The van der Waals surface area contributed by atoms with Crippen LogP contribution in [0.3, 0.4) is 0 Å². The summed E-state index contributed by atoms with van der Waals surface area (Å²) in [5, 5.41) is 4.55. The van der Waals surface area contributed by atoms with E-state index in [0.29, 0.717) is 22.5 Å². The van der Waals surface area contributed by atoms with E-state index in [1.807, 2.05) is 42.5 Å². The number of hydrogen-bond acceptors (Lipinski definition) is 5. The van der Waals surface area contributed by atoms with Crippen molar-refractivity contribution in [2.24, 2.45) is 0 Å². The summed E-state index contributed by atoms with van der Waals surface area (Å²) < 4.78 is 10.4. The maximum atomic E-state index is 12.3. The highest BCUT2D eigenvalue weighted by atomic mass is 35.5. The maximum Gasteiger partial charge on any atom is 0.246 e. The molecule has 3 rings (SSSR count). The molecule has 0 atom stereocenters. The van der Waals surface area contributed by atoms with Crippen LogP contribution in [0.5, 0.6) is 5.75 Å². The number of carbonyl (C=O) groups excluding carboxylic acids is 1. The van der Waals surface area contributed by atoms with Crippen LogP contribution in [0, 0.1) is 0 Å². The van der Waals surface area contributed by atoms with Crippen LogP contribution in [0.25, 0.3) is 17.5 Å². The molecule has 1 heterocycles. The molecule has 6 nitrogen and oxygen atoms in total. The predicted molar refractivity (Wildman–Crippen MR) is 103 cm³/mol. The van der Waals surface area contributed by atoms with Gasteiger partial charge in [-0.2, -0.15) is 4.98 Å². The molecular formula is C20H18ClN3O3. The van der Waals surface area contributed by atoms with Crippen molar-refractivity contribution < 1.29 is 14.1 Å². The van der Waals surface area contributed by atoms with Gasteiger partial charge >= 0.3 is 0 Å². The van der Waals surface area contributed by atoms with Crippen LogP contribution >= 0.6 is 11.6 Å². The highest BCUT2D eigenvalue weighted by Crippen LogP contribution is 2.21. The van der Waals surface area contributed by atoms with Crippen molar-refractivity contribution in [2.45, 2.75) is 6.54 Å². The summed E-state index contributed by atoms with van der Waals surface area (Å²) in [5.41, 5.74) is 1.55. The van der Waals surface area contributed by atoms with Crippen molar-refractivity contribution in [1.29, 1.82) is 0 Å². The minimum absolute atomic E-state index is 0.197. The lowest BCUT2D eigenvalue weighted by atomic mass is 10.2. The van der Waals surface area contributed by atoms with E-state index >= 15 is 0 Å². The highest BCUT2D eigenvalue weighted by molar-refractivity contribution is 6.32. The number of halogens is 1. The Bertz CT molecular complexity index is 968. The molecule has 0 aliphatic carbocycles. The minimum atomic E-state index is -0.198. The smallest absolute Gasteiger partial charge is 0.246 e. The second-order valence-corrected chi connectivity index (χ2v) is 6.20. The Morgan fingerprint density at radius 1 is 1.26 bits per heavy atom. The number of nitrogens with zero attached hydrogens (tertiary/aromatic N) is 3. The van der Waals surface area contributed by atoms with Gasteiger partial charge in [0.1, 0.15) is 5.75 Å².